The van der Waals surface area contributed by atoms with Gasteiger partial charge in [0.2, 0.25) is 0 Å². The van der Waals surface area contributed by atoms with Gasteiger partial charge in [-0.15, -0.1) is 11.8 Å². The van der Waals surface area contributed by atoms with Crippen molar-refractivity contribution < 1.29 is 4.74 Å². The fourth-order valence-corrected chi connectivity index (χ4v) is 4.44. The molecule has 1 atom stereocenters. The van der Waals surface area contributed by atoms with Gasteiger partial charge in [0, 0.05) is 5.56 Å². The van der Waals surface area contributed by atoms with Crippen molar-refractivity contribution in [3.63, 3.8) is 0 Å². The number of methoxy groups -OCH3 is 1. The lowest BCUT2D eigenvalue weighted by Crippen LogP contribution is -2.09. The molecule has 0 bridgehead atoms. The van der Waals surface area contributed by atoms with Crippen molar-refractivity contribution in [2.75, 3.05) is 13.7 Å². The van der Waals surface area contributed by atoms with E-state index in [4.69, 9.17) is 16.3 Å². The average molecular weight is 332 g/mol. The molecule has 0 saturated carbocycles. The van der Waals surface area contributed by atoms with E-state index in [9.17, 15) is 4.91 Å². The minimum absolute atomic E-state index is 0.0322. The van der Waals surface area contributed by atoms with Crippen LogP contribution in [0.3, 0.4) is 0 Å². The van der Waals surface area contributed by atoms with Crippen molar-refractivity contribution in [2.45, 2.75) is 10.1 Å². The molecule has 0 saturated heterocycles. The molecule has 0 radical (unpaired) electrons. The van der Waals surface area contributed by atoms with Crippen molar-refractivity contribution in [2.24, 2.45) is 5.18 Å². The topological polar surface area (TPSA) is 38.7 Å². The molecule has 2 aromatic rings. The minimum Gasteiger partial charge on any atom is -0.496 e. The molecule has 1 heterocycles. The van der Waals surface area contributed by atoms with Crippen LogP contribution in [0.15, 0.2) is 64.2 Å². The molecule has 0 aromatic heterocycles. The number of nitroso groups, excluding NO2 is 1. The summed E-state index contributed by atoms with van der Waals surface area (Å²) in [6.07, 6.45) is 0. The van der Waals surface area contributed by atoms with Crippen LogP contribution in [0.2, 0.25) is 0 Å². The largest absolute Gasteiger partial charge is 0.496 e. The van der Waals surface area contributed by atoms with Gasteiger partial charge < -0.3 is 4.74 Å². The number of benzene rings is 2. The van der Waals surface area contributed by atoms with E-state index in [0.29, 0.717) is 5.03 Å². The van der Waals surface area contributed by atoms with Crippen LogP contribution in [0, 0.1) is 4.91 Å². The van der Waals surface area contributed by atoms with Gasteiger partial charge >= 0.3 is 0 Å². The van der Waals surface area contributed by atoms with Gasteiger partial charge in [-0.1, -0.05) is 59.2 Å². The number of hydrogen-bond acceptors (Lipinski definition) is 4. The summed E-state index contributed by atoms with van der Waals surface area (Å²) in [5, 5.41) is 3.63. The quantitative estimate of drug-likeness (QED) is 0.717. The molecule has 0 aliphatic carbocycles. The van der Waals surface area contributed by atoms with E-state index in [1.807, 2.05) is 48.5 Å². The zero-order valence-electron chi connectivity index (χ0n) is 12.0. The van der Waals surface area contributed by atoms with E-state index in [1.54, 1.807) is 18.9 Å². The number of rotatable bonds is 4. The molecular weight excluding hydrogens is 318 g/mol. The molecule has 2 aromatic carbocycles. The fraction of sp³-hybridized carbons (Fsp3) is 0.176. The summed E-state index contributed by atoms with van der Waals surface area (Å²) in [6, 6.07) is 15.8. The Morgan fingerprint density at radius 3 is 2.64 bits per heavy atom. The van der Waals surface area contributed by atoms with Crippen LogP contribution in [0.25, 0.3) is 5.03 Å². The highest BCUT2D eigenvalue weighted by Gasteiger charge is 2.30. The first-order chi connectivity index (χ1) is 10.8. The summed E-state index contributed by atoms with van der Waals surface area (Å²) < 4.78 is 5.45. The second kappa shape index (κ2) is 6.55. The van der Waals surface area contributed by atoms with E-state index >= 15 is 0 Å². The molecule has 1 aliphatic heterocycles. The molecule has 3 rings (SSSR count). The molecule has 22 heavy (non-hydrogen) atoms. The molecule has 0 fully saturated rings. The van der Waals surface area contributed by atoms with Crippen LogP contribution in [-0.2, 0) is 0 Å². The van der Waals surface area contributed by atoms with Gasteiger partial charge in [-0.25, -0.2) is 0 Å². The summed E-state index contributed by atoms with van der Waals surface area (Å²) in [7, 11) is 1.65. The Labute approximate surface area is 138 Å². The predicted molar refractivity (Wildman–Crippen MR) is 91.5 cm³/mol. The third-order valence-corrected chi connectivity index (χ3v) is 5.50. The van der Waals surface area contributed by atoms with Crippen LogP contribution in [0.4, 0.5) is 0 Å². The standard InChI is InChI=1S/C17H14ClNO2S/c1-21-14-9-5-8-12-15(18)13(10-19-20)16(22-17(12)14)11-6-3-2-4-7-11/h2-9,16H,10H2,1H3. The summed E-state index contributed by atoms with van der Waals surface area (Å²) in [6.45, 7) is 0.0854. The lowest BCUT2D eigenvalue weighted by atomic mass is 10.0. The van der Waals surface area contributed by atoms with Gasteiger partial charge in [0.1, 0.15) is 12.3 Å². The molecule has 1 unspecified atom stereocenters. The highest BCUT2D eigenvalue weighted by Crippen LogP contribution is 2.53. The third kappa shape index (κ3) is 2.64. The highest BCUT2D eigenvalue weighted by molar-refractivity contribution is 8.00. The van der Waals surface area contributed by atoms with Crippen LogP contribution in [0.1, 0.15) is 16.4 Å². The third-order valence-electron chi connectivity index (χ3n) is 3.61. The van der Waals surface area contributed by atoms with Gasteiger partial charge in [0.15, 0.2) is 0 Å². The van der Waals surface area contributed by atoms with Gasteiger partial charge in [-0.3, -0.25) is 0 Å². The van der Waals surface area contributed by atoms with Crippen molar-refractivity contribution in [1.82, 2.24) is 0 Å². The molecule has 0 amide bonds. The normalized spacial score (nSPS) is 17.1. The van der Waals surface area contributed by atoms with Crippen molar-refractivity contribution >= 4 is 28.4 Å². The van der Waals surface area contributed by atoms with Crippen molar-refractivity contribution in [3.8, 4) is 5.75 Å². The highest BCUT2D eigenvalue weighted by atomic mass is 35.5. The minimum atomic E-state index is -0.0322. The lowest BCUT2D eigenvalue weighted by molar-refractivity contribution is 0.404. The first-order valence-corrected chi connectivity index (χ1v) is 8.08. The zero-order valence-corrected chi connectivity index (χ0v) is 13.5. The van der Waals surface area contributed by atoms with Crippen LogP contribution in [-0.4, -0.2) is 13.7 Å². The second-order valence-corrected chi connectivity index (χ2v) is 6.37. The van der Waals surface area contributed by atoms with E-state index in [-0.39, 0.29) is 11.8 Å². The first kappa shape index (κ1) is 15.1. The number of nitrogens with zero attached hydrogens (tertiary/aromatic N) is 1. The van der Waals surface area contributed by atoms with E-state index in [2.05, 4.69) is 5.18 Å². The van der Waals surface area contributed by atoms with Crippen LogP contribution < -0.4 is 4.74 Å². The Kier molecular flexibility index (Phi) is 4.50. The Morgan fingerprint density at radius 2 is 1.95 bits per heavy atom. The SMILES string of the molecule is COc1cccc2c1SC(c1ccccc1)C(CN=O)=C2Cl. The Hall–Kier alpha value is -1.78. The number of halogens is 1. The van der Waals surface area contributed by atoms with Crippen LogP contribution in [0.5, 0.6) is 5.75 Å². The second-order valence-electron chi connectivity index (χ2n) is 4.87. The van der Waals surface area contributed by atoms with E-state index < -0.39 is 0 Å². The number of fused-ring (bicyclic) bond motifs is 1. The first-order valence-electron chi connectivity index (χ1n) is 6.83. The molecule has 3 nitrogen and oxygen atoms in total. The summed E-state index contributed by atoms with van der Waals surface area (Å²) in [4.78, 5) is 11.9. The molecule has 0 spiro atoms. The van der Waals surface area contributed by atoms with Crippen molar-refractivity contribution in [3.05, 3.63) is 70.1 Å². The molecular formula is C17H14ClNO2S. The Morgan fingerprint density at radius 1 is 1.18 bits per heavy atom. The Balaban J connectivity index is 2.17. The molecule has 112 valence electrons. The van der Waals surface area contributed by atoms with Gasteiger partial charge in [-0.2, -0.15) is 4.91 Å². The maximum Gasteiger partial charge on any atom is 0.133 e. The van der Waals surface area contributed by atoms with Gasteiger partial charge in [0.25, 0.3) is 0 Å². The maximum atomic E-state index is 10.9. The van der Waals surface area contributed by atoms with E-state index in [1.165, 1.54) is 0 Å². The molecule has 0 N–H and O–H groups in total. The fourth-order valence-electron chi connectivity index (χ4n) is 2.57. The Bertz CT molecular complexity index is 731. The van der Waals surface area contributed by atoms with Crippen LogP contribution >= 0.6 is 23.4 Å². The predicted octanol–water partition coefficient (Wildman–Crippen LogP) is 5.26. The van der Waals surface area contributed by atoms with Gasteiger partial charge in [0.05, 0.1) is 22.3 Å². The zero-order chi connectivity index (χ0) is 15.5. The van der Waals surface area contributed by atoms with Gasteiger partial charge in [-0.05, 0) is 17.2 Å². The van der Waals surface area contributed by atoms with Crippen molar-refractivity contribution in [1.29, 1.82) is 0 Å². The molecule has 5 heteroatoms. The summed E-state index contributed by atoms with van der Waals surface area (Å²) >= 11 is 8.22. The number of hydrogen-bond donors (Lipinski definition) is 0. The molecule has 1 aliphatic rings. The average Bonchev–Trinajstić information content (AvgIpc) is 2.57. The maximum absolute atomic E-state index is 10.9. The lowest BCUT2D eigenvalue weighted by Gasteiger charge is -2.28. The smallest absolute Gasteiger partial charge is 0.133 e. The van der Waals surface area contributed by atoms with E-state index in [0.717, 1.165) is 27.3 Å². The summed E-state index contributed by atoms with van der Waals surface area (Å²) in [5.74, 6) is 0.791. The number of ether oxygens (including phenoxy) is 1. The monoisotopic (exact) mass is 331 g/mol. The summed E-state index contributed by atoms with van der Waals surface area (Å²) in [5.41, 5.74) is 2.84. The number of thioether (sulfide) groups is 1.